The minimum atomic E-state index is 0.709. The molecule has 1 aromatic carbocycles. The van der Waals surface area contributed by atoms with Crippen LogP contribution >= 0.6 is 0 Å². The molecular formula is C12H19NO. The van der Waals surface area contributed by atoms with Crippen molar-refractivity contribution < 1.29 is 4.74 Å². The highest BCUT2D eigenvalue weighted by molar-refractivity contribution is 5.58. The topological polar surface area (TPSA) is 35.2 Å². The largest absolute Gasteiger partial charge is 0.495 e. The lowest BCUT2D eigenvalue weighted by Gasteiger charge is -2.10. The molecule has 1 aromatic rings. The molecule has 0 fully saturated rings. The van der Waals surface area contributed by atoms with Crippen molar-refractivity contribution in [2.45, 2.75) is 26.7 Å². The number of methoxy groups -OCH3 is 1. The molecule has 2 heteroatoms. The van der Waals surface area contributed by atoms with Gasteiger partial charge >= 0.3 is 0 Å². The second-order valence-electron chi connectivity index (χ2n) is 3.97. The second kappa shape index (κ2) is 4.89. The summed E-state index contributed by atoms with van der Waals surface area (Å²) in [5.74, 6) is 1.49. The quantitative estimate of drug-likeness (QED) is 0.746. The molecule has 1 rings (SSSR count). The number of nitrogens with two attached hydrogens (primary N) is 1. The number of aryl methyl sites for hydroxylation is 1. The van der Waals surface area contributed by atoms with Crippen molar-refractivity contribution >= 4 is 5.69 Å². The van der Waals surface area contributed by atoms with Crippen LogP contribution in [0, 0.1) is 5.92 Å². The van der Waals surface area contributed by atoms with Gasteiger partial charge in [0.2, 0.25) is 0 Å². The zero-order valence-electron chi connectivity index (χ0n) is 9.21. The van der Waals surface area contributed by atoms with E-state index in [2.05, 4.69) is 19.9 Å². The second-order valence-corrected chi connectivity index (χ2v) is 3.97. The Kier molecular flexibility index (Phi) is 3.81. The van der Waals surface area contributed by atoms with Crippen molar-refractivity contribution in [3.8, 4) is 5.75 Å². The molecule has 78 valence electrons. The van der Waals surface area contributed by atoms with E-state index in [0.29, 0.717) is 5.92 Å². The molecular weight excluding hydrogens is 174 g/mol. The Morgan fingerprint density at radius 1 is 1.36 bits per heavy atom. The Bertz CT molecular complexity index is 294. The first-order valence-electron chi connectivity index (χ1n) is 5.06. The SMILES string of the molecule is COc1cccc(CCC(C)C)c1N. The van der Waals surface area contributed by atoms with E-state index in [1.165, 1.54) is 5.56 Å². The number of para-hydroxylation sites is 1. The van der Waals surface area contributed by atoms with Crippen LogP contribution < -0.4 is 10.5 Å². The first-order chi connectivity index (χ1) is 6.65. The Balaban J connectivity index is 2.76. The Morgan fingerprint density at radius 3 is 2.64 bits per heavy atom. The van der Waals surface area contributed by atoms with E-state index >= 15 is 0 Å². The molecule has 0 saturated carbocycles. The van der Waals surface area contributed by atoms with Crippen LogP contribution in [0.3, 0.4) is 0 Å². The molecule has 2 nitrogen and oxygen atoms in total. The lowest BCUT2D eigenvalue weighted by Crippen LogP contribution is -1.99. The van der Waals surface area contributed by atoms with Crippen LogP contribution in [0.15, 0.2) is 18.2 Å². The highest BCUT2D eigenvalue weighted by atomic mass is 16.5. The van der Waals surface area contributed by atoms with Gasteiger partial charge in [0.1, 0.15) is 5.75 Å². The van der Waals surface area contributed by atoms with Crippen LogP contribution in [-0.2, 0) is 6.42 Å². The number of anilines is 1. The molecule has 14 heavy (non-hydrogen) atoms. The molecule has 0 atom stereocenters. The lowest BCUT2D eigenvalue weighted by atomic mass is 10.0. The molecule has 0 unspecified atom stereocenters. The Morgan fingerprint density at radius 2 is 2.07 bits per heavy atom. The smallest absolute Gasteiger partial charge is 0.142 e. The predicted octanol–water partition coefficient (Wildman–Crippen LogP) is 2.87. The van der Waals surface area contributed by atoms with Gasteiger partial charge in [-0.1, -0.05) is 26.0 Å². The van der Waals surface area contributed by atoms with E-state index in [1.54, 1.807) is 7.11 Å². The average molecular weight is 193 g/mol. The minimum Gasteiger partial charge on any atom is -0.495 e. The number of benzene rings is 1. The van der Waals surface area contributed by atoms with E-state index in [9.17, 15) is 0 Å². The zero-order valence-corrected chi connectivity index (χ0v) is 9.21. The van der Waals surface area contributed by atoms with Gasteiger partial charge in [-0.05, 0) is 30.4 Å². The molecule has 0 heterocycles. The van der Waals surface area contributed by atoms with E-state index in [0.717, 1.165) is 24.3 Å². The average Bonchev–Trinajstić information content (AvgIpc) is 2.16. The van der Waals surface area contributed by atoms with E-state index < -0.39 is 0 Å². The van der Waals surface area contributed by atoms with Crippen LogP contribution in [0.5, 0.6) is 5.75 Å². The molecule has 0 spiro atoms. The van der Waals surface area contributed by atoms with Crippen molar-refractivity contribution in [1.82, 2.24) is 0 Å². The van der Waals surface area contributed by atoms with Crippen LogP contribution in [0.1, 0.15) is 25.8 Å². The van der Waals surface area contributed by atoms with E-state index in [4.69, 9.17) is 10.5 Å². The summed E-state index contributed by atoms with van der Waals surface area (Å²) in [6.45, 7) is 4.44. The van der Waals surface area contributed by atoms with Gasteiger partial charge in [-0.3, -0.25) is 0 Å². The van der Waals surface area contributed by atoms with Crippen molar-refractivity contribution in [2.75, 3.05) is 12.8 Å². The fourth-order valence-corrected chi connectivity index (χ4v) is 1.43. The standard InChI is InChI=1S/C12H19NO/c1-9(2)7-8-10-5-4-6-11(14-3)12(10)13/h4-6,9H,7-8,13H2,1-3H3. The third-order valence-corrected chi connectivity index (χ3v) is 2.37. The van der Waals surface area contributed by atoms with Crippen LogP contribution in [-0.4, -0.2) is 7.11 Å². The fraction of sp³-hybridized carbons (Fsp3) is 0.500. The maximum atomic E-state index is 5.96. The monoisotopic (exact) mass is 193 g/mol. The summed E-state index contributed by atoms with van der Waals surface area (Å²) in [5, 5.41) is 0. The number of hydrogen-bond acceptors (Lipinski definition) is 2. The van der Waals surface area contributed by atoms with Gasteiger partial charge in [0, 0.05) is 0 Å². The van der Waals surface area contributed by atoms with Crippen LogP contribution in [0.25, 0.3) is 0 Å². The summed E-state index contributed by atoms with van der Waals surface area (Å²) >= 11 is 0. The molecule has 0 bridgehead atoms. The molecule has 0 aliphatic carbocycles. The summed E-state index contributed by atoms with van der Waals surface area (Å²) < 4.78 is 5.17. The van der Waals surface area contributed by atoms with Gasteiger partial charge < -0.3 is 10.5 Å². The predicted molar refractivity (Wildman–Crippen MR) is 60.6 cm³/mol. The van der Waals surface area contributed by atoms with Gasteiger partial charge in [-0.15, -0.1) is 0 Å². The van der Waals surface area contributed by atoms with Crippen molar-refractivity contribution in [1.29, 1.82) is 0 Å². The summed E-state index contributed by atoms with van der Waals surface area (Å²) in [5.41, 5.74) is 7.94. The molecule has 0 aromatic heterocycles. The first kappa shape index (κ1) is 10.9. The van der Waals surface area contributed by atoms with Gasteiger partial charge in [0.15, 0.2) is 0 Å². The van der Waals surface area contributed by atoms with Crippen LogP contribution in [0.2, 0.25) is 0 Å². The summed E-state index contributed by atoms with van der Waals surface area (Å²) in [4.78, 5) is 0. The van der Waals surface area contributed by atoms with Gasteiger partial charge in [-0.2, -0.15) is 0 Å². The summed E-state index contributed by atoms with van der Waals surface area (Å²) in [6.07, 6.45) is 2.19. The van der Waals surface area contributed by atoms with Gasteiger partial charge in [0.25, 0.3) is 0 Å². The third-order valence-electron chi connectivity index (χ3n) is 2.37. The van der Waals surface area contributed by atoms with Crippen LogP contribution in [0.4, 0.5) is 5.69 Å². The summed E-state index contributed by atoms with van der Waals surface area (Å²) in [7, 11) is 1.65. The van der Waals surface area contributed by atoms with Crippen molar-refractivity contribution in [3.05, 3.63) is 23.8 Å². The molecule has 0 aliphatic heterocycles. The van der Waals surface area contributed by atoms with E-state index in [-0.39, 0.29) is 0 Å². The highest BCUT2D eigenvalue weighted by Crippen LogP contribution is 2.26. The fourth-order valence-electron chi connectivity index (χ4n) is 1.43. The third kappa shape index (κ3) is 2.66. The summed E-state index contributed by atoms with van der Waals surface area (Å²) in [6, 6.07) is 5.96. The highest BCUT2D eigenvalue weighted by Gasteiger charge is 2.05. The number of rotatable bonds is 4. The Hall–Kier alpha value is -1.18. The number of ether oxygens (including phenoxy) is 1. The maximum absolute atomic E-state index is 5.96. The maximum Gasteiger partial charge on any atom is 0.142 e. The minimum absolute atomic E-state index is 0.709. The number of hydrogen-bond donors (Lipinski definition) is 1. The Labute approximate surface area is 86.1 Å². The lowest BCUT2D eigenvalue weighted by molar-refractivity contribution is 0.416. The molecule has 0 amide bonds. The molecule has 0 aliphatic rings. The van der Waals surface area contributed by atoms with Gasteiger partial charge in [0.05, 0.1) is 12.8 Å². The molecule has 2 N–H and O–H groups in total. The molecule has 0 saturated heterocycles. The number of nitrogen functional groups attached to an aromatic ring is 1. The first-order valence-corrected chi connectivity index (χ1v) is 5.06. The molecule has 0 radical (unpaired) electrons. The van der Waals surface area contributed by atoms with E-state index in [1.807, 2.05) is 12.1 Å². The normalized spacial score (nSPS) is 10.6. The van der Waals surface area contributed by atoms with Crippen molar-refractivity contribution in [2.24, 2.45) is 5.92 Å². The van der Waals surface area contributed by atoms with Gasteiger partial charge in [-0.25, -0.2) is 0 Å². The zero-order chi connectivity index (χ0) is 10.6. The van der Waals surface area contributed by atoms with Crippen molar-refractivity contribution in [3.63, 3.8) is 0 Å².